The Morgan fingerprint density at radius 2 is 1.97 bits per heavy atom. The topological polar surface area (TPSA) is 98.2 Å². The van der Waals surface area contributed by atoms with Crippen molar-refractivity contribution >= 4 is 11.9 Å². The van der Waals surface area contributed by atoms with E-state index in [2.05, 4.69) is 25.8 Å². The van der Waals surface area contributed by atoms with Crippen LogP contribution in [0, 0.1) is 0 Å². The molecule has 1 heterocycles. The number of phenols is 1. The Hall–Kier alpha value is -2.32. The summed E-state index contributed by atoms with van der Waals surface area (Å²) >= 11 is 0. The maximum Gasteiger partial charge on any atom is 0.251 e. The minimum Gasteiger partial charge on any atom is -0.508 e. The largest absolute Gasteiger partial charge is 0.508 e. The number of rotatable bonds is 10. The number of piperidine rings is 1. The lowest BCUT2D eigenvalue weighted by Crippen LogP contribution is -2.49. The van der Waals surface area contributed by atoms with Crippen molar-refractivity contribution in [2.75, 3.05) is 53.0 Å². The number of amides is 1. The van der Waals surface area contributed by atoms with E-state index in [1.165, 1.54) is 12.1 Å². The molecule has 8 heteroatoms. The van der Waals surface area contributed by atoms with E-state index in [0.29, 0.717) is 24.7 Å². The molecule has 0 unspecified atom stereocenters. The Kier molecular flexibility index (Phi) is 10.3. The van der Waals surface area contributed by atoms with Gasteiger partial charge in [-0.1, -0.05) is 0 Å². The summed E-state index contributed by atoms with van der Waals surface area (Å²) in [6.07, 6.45) is 3.26. The van der Waals surface area contributed by atoms with E-state index in [0.717, 1.165) is 58.0 Å². The van der Waals surface area contributed by atoms with Crippen molar-refractivity contribution in [3.8, 4) is 5.75 Å². The molecule has 0 aliphatic carbocycles. The van der Waals surface area contributed by atoms with Gasteiger partial charge in [-0.2, -0.15) is 0 Å². The Morgan fingerprint density at radius 1 is 1.24 bits per heavy atom. The first-order valence-electron chi connectivity index (χ1n) is 10.5. The van der Waals surface area contributed by atoms with E-state index in [1.54, 1.807) is 19.2 Å². The molecule has 29 heavy (non-hydrogen) atoms. The molecule has 162 valence electrons. The molecular weight excluding hydrogens is 370 g/mol. The highest BCUT2D eigenvalue weighted by atomic mass is 16.5. The highest BCUT2D eigenvalue weighted by Gasteiger charge is 2.19. The van der Waals surface area contributed by atoms with Gasteiger partial charge in [-0.25, -0.2) is 0 Å². The van der Waals surface area contributed by atoms with Gasteiger partial charge >= 0.3 is 0 Å². The van der Waals surface area contributed by atoms with Crippen molar-refractivity contribution in [1.29, 1.82) is 0 Å². The molecule has 0 radical (unpaired) electrons. The number of nitrogens with one attached hydrogen (secondary N) is 3. The second-order valence-corrected chi connectivity index (χ2v) is 7.17. The van der Waals surface area contributed by atoms with E-state index in [1.807, 2.05) is 6.92 Å². The van der Waals surface area contributed by atoms with Gasteiger partial charge in [0.05, 0.1) is 6.54 Å². The number of ether oxygens (including phenoxy) is 1. The molecule has 1 amide bonds. The predicted octanol–water partition coefficient (Wildman–Crippen LogP) is 1.18. The van der Waals surface area contributed by atoms with Crippen LogP contribution in [-0.2, 0) is 4.74 Å². The Balaban J connectivity index is 1.71. The molecule has 0 spiro atoms. The molecule has 8 nitrogen and oxygen atoms in total. The number of benzene rings is 1. The van der Waals surface area contributed by atoms with E-state index in [9.17, 15) is 9.90 Å². The van der Waals surface area contributed by atoms with Gasteiger partial charge in [0.15, 0.2) is 5.96 Å². The number of hydrogen-bond donors (Lipinski definition) is 4. The third-order valence-corrected chi connectivity index (χ3v) is 4.89. The Bertz CT molecular complexity index is 628. The van der Waals surface area contributed by atoms with E-state index in [4.69, 9.17) is 4.74 Å². The monoisotopic (exact) mass is 405 g/mol. The number of phenolic OH excluding ortho intramolecular Hbond substituents is 1. The van der Waals surface area contributed by atoms with Crippen LogP contribution < -0.4 is 16.0 Å². The van der Waals surface area contributed by atoms with Crippen molar-refractivity contribution in [3.05, 3.63) is 29.8 Å². The van der Waals surface area contributed by atoms with Crippen LogP contribution in [0.3, 0.4) is 0 Å². The standard InChI is InChI=1S/C21H35N5O3/c1-3-22-21(25-18-9-14-26(15-10-18)13-4-16-29-2)24-12-11-23-20(28)17-5-7-19(27)8-6-17/h5-8,18,27H,3-4,9-16H2,1-2H3,(H,23,28)(H2,22,24,25). The van der Waals surface area contributed by atoms with Crippen LogP contribution in [0.4, 0.5) is 0 Å². The summed E-state index contributed by atoms with van der Waals surface area (Å²) in [6.45, 7) is 7.87. The maximum absolute atomic E-state index is 12.1. The number of methoxy groups -OCH3 is 1. The fourth-order valence-electron chi connectivity index (χ4n) is 3.30. The number of aliphatic imine (C=N–C) groups is 1. The highest BCUT2D eigenvalue weighted by molar-refractivity contribution is 5.94. The number of aromatic hydroxyl groups is 1. The molecule has 2 rings (SSSR count). The van der Waals surface area contributed by atoms with Crippen LogP contribution in [0.1, 0.15) is 36.5 Å². The molecule has 0 saturated carbocycles. The smallest absolute Gasteiger partial charge is 0.251 e. The average Bonchev–Trinajstić information content (AvgIpc) is 2.73. The fourth-order valence-corrected chi connectivity index (χ4v) is 3.30. The van der Waals surface area contributed by atoms with Crippen molar-refractivity contribution in [2.24, 2.45) is 4.99 Å². The van der Waals surface area contributed by atoms with E-state index < -0.39 is 0 Å². The second kappa shape index (κ2) is 13.0. The number of carbonyl (C=O) groups is 1. The molecule has 0 bridgehead atoms. The minimum atomic E-state index is -0.168. The summed E-state index contributed by atoms with van der Waals surface area (Å²) in [5.41, 5.74) is 0.522. The third kappa shape index (κ3) is 8.70. The minimum absolute atomic E-state index is 0.147. The van der Waals surface area contributed by atoms with Gasteiger partial charge in [0, 0.05) is 58.0 Å². The summed E-state index contributed by atoms with van der Waals surface area (Å²) in [6, 6.07) is 6.62. The van der Waals surface area contributed by atoms with Crippen LogP contribution in [0.2, 0.25) is 0 Å². The van der Waals surface area contributed by atoms with Crippen LogP contribution in [0.5, 0.6) is 5.75 Å². The average molecular weight is 406 g/mol. The molecular formula is C21H35N5O3. The number of likely N-dealkylation sites (tertiary alicyclic amines) is 1. The van der Waals surface area contributed by atoms with Gasteiger partial charge in [-0.3, -0.25) is 9.79 Å². The first-order chi connectivity index (χ1) is 14.1. The zero-order valence-electron chi connectivity index (χ0n) is 17.6. The second-order valence-electron chi connectivity index (χ2n) is 7.17. The van der Waals surface area contributed by atoms with Crippen LogP contribution in [0.15, 0.2) is 29.3 Å². The Labute approximate surface area is 173 Å². The van der Waals surface area contributed by atoms with E-state index in [-0.39, 0.29) is 11.7 Å². The quantitative estimate of drug-likeness (QED) is 0.265. The van der Waals surface area contributed by atoms with Crippen LogP contribution in [-0.4, -0.2) is 80.9 Å². The number of guanidine groups is 1. The van der Waals surface area contributed by atoms with Gasteiger partial charge in [-0.05, 0) is 50.5 Å². The molecule has 0 atom stereocenters. The van der Waals surface area contributed by atoms with Crippen molar-refractivity contribution in [2.45, 2.75) is 32.2 Å². The number of nitrogens with zero attached hydrogens (tertiary/aromatic N) is 2. The third-order valence-electron chi connectivity index (χ3n) is 4.89. The zero-order chi connectivity index (χ0) is 20.9. The summed E-state index contributed by atoms with van der Waals surface area (Å²) in [7, 11) is 1.75. The molecule has 1 aromatic carbocycles. The lowest BCUT2D eigenvalue weighted by Gasteiger charge is -2.33. The first kappa shape index (κ1) is 23.0. The first-order valence-corrected chi connectivity index (χ1v) is 10.5. The van der Waals surface area contributed by atoms with Gasteiger partial charge in [0.1, 0.15) is 5.75 Å². The maximum atomic E-state index is 12.1. The van der Waals surface area contributed by atoms with Gasteiger partial charge in [0.25, 0.3) is 5.91 Å². The summed E-state index contributed by atoms with van der Waals surface area (Å²) in [4.78, 5) is 19.1. The summed E-state index contributed by atoms with van der Waals surface area (Å²) in [5, 5.41) is 18.9. The normalized spacial score (nSPS) is 15.9. The Morgan fingerprint density at radius 3 is 2.62 bits per heavy atom. The number of carbonyl (C=O) groups excluding carboxylic acids is 1. The fraction of sp³-hybridized carbons (Fsp3) is 0.619. The molecule has 1 saturated heterocycles. The van der Waals surface area contributed by atoms with Crippen molar-refractivity contribution < 1.29 is 14.6 Å². The van der Waals surface area contributed by atoms with Crippen LogP contribution in [0.25, 0.3) is 0 Å². The molecule has 1 fully saturated rings. The van der Waals surface area contributed by atoms with Crippen molar-refractivity contribution in [1.82, 2.24) is 20.9 Å². The van der Waals surface area contributed by atoms with Gasteiger partial charge < -0.3 is 30.7 Å². The predicted molar refractivity (Wildman–Crippen MR) is 116 cm³/mol. The molecule has 0 aromatic heterocycles. The van der Waals surface area contributed by atoms with E-state index >= 15 is 0 Å². The molecule has 1 aliphatic heterocycles. The van der Waals surface area contributed by atoms with Crippen LogP contribution >= 0.6 is 0 Å². The molecule has 4 N–H and O–H groups in total. The zero-order valence-corrected chi connectivity index (χ0v) is 17.6. The molecule has 1 aliphatic rings. The number of hydrogen-bond acceptors (Lipinski definition) is 5. The summed E-state index contributed by atoms with van der Waals surface area (Å²) in [5.74, 6) is 0.775. The SMILES string of the molecule is CCNC(=NCCNC(=O)c1ccc(O)cc1)NC1CCN(CCCOC)CC1. The van der Waals surface area contributed by atoms with Gasteiger partial charge in [-0.15, -0.1) is 0 Å². The van der Waals surface area contributed by atoms with Crippen molar-refractivity contribution in [3.63, 3.8) is 0 Å². The highest BCUT2D eigenvalue weighted by Crippen LogP contribution is 2.11. The lowest BCUT2D eigenvalue weighted by atomic mass is 10.1. The summed E-state index contributed by atoms with van der Waals surface area (Å²) < 4.78 is 5.13. The lowest BCUT2D eigenvalue weighted by molar-refractivity contribution is 0.0955. The van der Waals surface area contributed by atoms with Gasteiger partial charge in [0.2, 0.25) is 0 Å². The molecule has 1 aromatic rings.